The lowest BCUT2D eigenvalue weighted by Gasteiger charge is -2.35. The zero-order valence-corrected chi connectivity index (χ0v) is 21.4. The molecule has 0 fully saturated rings. The van der Waals surface area contributed by atoms with E-state index >= 15 is 0 Å². The first-order chi connectivity index (χ1) is 17.8. The summed E-state index contributed by atoms with van der Waals surface area (Å²) in [7, 11) is -3.91. The first kappa shape index (κ1) is 24.5. The normalized spacial score (nSPS) is 15.0. The van der Waals surface area contributed by atoms with Crippen molar-refractivity contribution < 1.29 is 17.9 Å². The van der Waals surface area contributed by atoms with Crippen LogP contribution < -0.4 is 14.4 Å². The van der Waals surface area contributed by atoms with Crippen LogP contribution >= 0.6 is 0 Å². The largest absolute Gasteiger partial charge is 0.476 e. The predicted octanol–water partition coefficient (Wildman–Crippen LogP) is 4.88. The van der Waals surface area contributed by atoms with Gasteiger partial charge in [-0.3, -0.25) is 14.1 Å². The third-order valence-electron chi connectivity index (χ3n) is 6.27. The van der Waals surface area contributed by atoms with Crippen molar-refractivity contribution in [2.24, 2.45) is 0 Å². The van der Waals surface area contributed by atoms with E-state index in [0.29, 0.717) is 17.1 Å². The smallest absolute Gasteiger partial charge is 0.267 e. The number of benzene rings is 3. The lowest BCUT2D eigenvalue weighted by atomic mass is 10.1. The van der Waals surface area contributed by atoms with Gasteiger partial charge < -0.3 is 10.1 Å². The summed E-state index contributed by atoms with van der Waals surface area (Å²) in [5.74, 6) is -0.0621. The summed E-state index contributed by atoms with van der Waals surface area (Å²) in [5.41, 5.74) is 5.12. The summed E-state index contributed by atoms with van der Waals surface area (Å²) in [6.07, 6.45) is 3.25. The number of sulfonamides is 1. The van der Waals surface area contributed by atoms with Crippen LogP contribution in [0.25, 0.3) is 0 Å². The highest BCUT2D eigenvalue weighted by Crippen LogP contribution is 2.38. The molecule has 0 saturated heterocycles. The molecule has 188 valence electrons. The Labute approximate surface area is 216 Å². The minimum atomic E-state index is -3.91. The number of hydrogen-bond donors (Lipinski definition) is 1. The number of amides is 1. The number of pyridine rings is 1. The SMILES string of the molecule is Cc1ccc(S(=O)(=O)N2C[C@H](C(=O)Nc3ccc(Cc4ccncc4)cc3)Oc3cc(C)ccc32)cc1. The van der Waals surface area contributed by atoms with E-state index in [9.17, 15) is 13.2 Å². The van der Waals surface area contributed by atoms with Gasteiger partial charge in [0.25, 0.3) is 15.9 Å². The van der Waals surface area contributed by atoms with Gasteiger partial charge in [0.1, 0.15) is 5.75 Å². The molecule has 1 aliphatic rings. The second-order valence-corrected chi connectivity index (χ2v) is 11.0. The molecule has 0 unspecified atom stereocenters. The van der Waals surface area contributed by atoms with Crippen molar-refractivity contribution in [3.63, 3.8) is 0 Å². The number of carbonyl (C=O) groups is 1. The number of nitrogens with zero attached hydrogens (tertiary/aromatic N) is 2. The standard InChI is InChI=1S/C29H27N3O4S/c1-20-3-10-25(11-4-20)37(34,35)32-19-28(36-27-17-21(2)5-12-26(27)32)29(33)31-24-8-6-22(7-9-24)18-23-13-15-30-16-14-23/h3-17,28H,18-19H2,1-2H3,(H,31,33)/t28-/m1/s1. The number of nitrogens with one attached hydrogen (secondary N) is 1. The number of rotatable bonds is 6. The number of hydrogen-bond acceptors (Lipinski definition) is 5. The molecule has 0 radical (unpaired) electrons. The van der Waals surface area contributed by atoms with Crippen LogP contribution in [0.1, 0.15) is 22.3 Å². The van der Waals surface area contributed by atoms with Crippen molar-refractivity contribution in [3.05, 3.63) is 114 Å². The van der Waals surface area contributed by atoms with Gasteiger partial charge in [0.2, 0.25) is 0 Å². The predicted molar refractivity (Wildman–Crippen MR) is 143 cm³/mol. The molecule has 5 rings (SSSR count). The Bertz CT molecular complexity index is 1520. The summed E-state index contributed by atoms with van der Waals surface area (Å²) in [5, 5.41) is 2.87. The van der Waals surface area contributed by atoms with Gasteiger partial charge in [-0.15, -0.1) is 0 Å². The van der Waals surface area contributed by atoms with Crippen molar-refractivity contribution in [3.8, 4) is 5.75 Å². The third kappa shape index (κ3) is 5.34. The third-order valence-corrected chi connectivity index (χ3v) is 8.06. The molecular weight excluding hydrogens is 486 g/mol. The number of aromatic nitrogens is 1. The van der Waals surface area contributed by atoms with Crippen LogP contribution in [-0.4, -0.2) is 32.0 Å². The average molecular weight is 514 g/mol. The van der Waals surface area contributed by atoms with Gasteiger partial charge in [0.15, 0.2) is 6.10 Å². The van der Waals surface area contributed by atoms with Crippen LogP contribution in [-0.2, 0) is 21.2 Å². The van der Waals surface area contributed by atoms with Crippen molar-refractivity contribution in [1.82, 2.24) is 4.98 Å². The summed E-state index contributed by atoms with van der Waals surface area (Å²) < 4.78 is 34.5. The Hall–Kier alpha value is -4.17. The topological polar surface area (TPSA) is 88.6 Å². The van der Waals surface area contributed by atoms with E-state index in [-0.39, 0.29) is 11.4 Å². The van der Waals surface area contributed by atoms with Gasteiger partial charge >= 0.3 is 0 Å². The average Bonchev–Trinajstić information content (AvgIpc) is 2.89. The zero-order chi connectivity index (χ0) is 26.0. The van der Waals surface area contributed by atoms with Crippen molar-refractivity contribution in [2.75, 3.05) is 16.2 Å². The first-order valence-electron chi connectivity index (χ1n) is 11.9. The number of carbonyl (C=O) groups excluding carboxylic acids is 1. The molecule has 2 heterocycles. The summed E-state index contributed by atoms with van der Waals surface area (Å²) in [6.45, 7) is 3.65. The maximum Gasteiger partial charge on any atom is 0.267 e. The van der Waals surface area contributed by atoms with Gasteiger partial charge in [-0.05, 0) is 85.5 Å². The fourth-order valence-corrected chi connectivity index (χ4v) is 5.70. The molecule has 3 aromatic carbocycles. The first-order valence-corrected chi connectivity index (χ1v) is 13.4. The number of fused-ring (bicyclic) bond motifs is 1. The van der Waals surface area contributed by atoms with E-state index in [4.69, 9.17) is 4.74 Å². The molecule has 1 aromatic heterocycles. The van der Waals surface area contributed by atoms with E-state index in [0.717, 1.165) is 28.7 Å². The van der Waals surface area contributed by atoms with Gasteiger partial charge in [-0.2, -0.15) is 0 Å². The van der Waals surface area contributed by atoms with E-state index < -0.39 is 22.0 Å². The highest BCUT2D eigenvalue weighted by molar-refractivity contribution is 7.92. The molecule has 0 spiro atoms. The maximum absolute atomic E-state index is 13.6. The molecule has 0 bridgehead atoms. The molecule has 37 heavy (non-hydrogen) atoms. The second kappa shape index (κ2) is 10.1. The molecule has 8 heteroatoms. The Morgan fingerprint density at radius 3 is 2.27 bits per heavy atom. The van der Waals surface area contributed by atoms with E-state index in [1.165, 1.54) is 4.31 Å². The van der Waals surface area contributed by atoms with E-state index in [2.05, 4.69) is 10.3 Å². The molecule has 1 N–H and O–H groups in total. The van der Waals surface area contributed by atoms with Crippen molar-refractivity contribution in [1.29, 1.82) is 0 Å². The van der Waals surface area contributed by atoms with Gasteiger partial charge in [-0.25, -0.2) is 8.42 Å². The molecule has 1 atom stereocenters. The van der Waals surface area contributed by atoms with Gasteiger partial charge in [0.05, 0.1) is 17.1 Å². The maximum atomic E-state index is 13.6. The Morgan fingerprint density at radius 2 is 1.57 bits per heavy atom. The van der Waals surface area contributed by atoms with E-state index in [1.807, 2.05) is 56.3 Å². The number of aryl methyl sites for hydroxylation is 2. The molecular formula is C29H27N3O4S. The second-order valence-electron chi connectivity index (χ2n) is 9.15. The Balaban J connectivity index is 1.37. The van der Waals surface area contributed by atoms with Crippen LogP contribution in [0.4, 0.5) is 11.4 Å². The highest BCUT2D eigenvalue weighted by atomic mass is 32.2. The van der Waals surface area contributed by atoms with Crippen molar-refractivity contribution >= 4 is 27.3 Å². The number of ether oxygens (including phenoxy) is 1. The molecule has 7 nitrogen and oxygen atoms in total. The summed E-state index contributed by atoms with van der Waals surface area (Å²) in [6, 6.07) is 23.4. The zero-order valence-electron chi connectivity index (χ0n) is 20.6. The number of anilines is 2. The van der Waals surface area contributed by atoms with Gasteiger partial charge in [0, 0.05) is 18.1 Å². The molecule has 1 aliphatic heterocycles. The molecule has 4 aromatic rings. The lowest BCUT2D eigenvalue weighted by molar-refractivity contribution is -0.122. The van der Waals surface area contributed by atoms with Gasteiger partial charge in [-0.1, -0.05) is 35.9 Å². The Morgan fingerprint density at radius 1 is 0.919 bits per heavy atom. The summed E-state index contributed by atoms with van der Waals surface area (Å²) >= 11 is 0. The van der Waals surface area contributed by atoms with Crippen LogP contribution in [0.2, 0.25) is 0 Å². The molecule has 0 saturated carbocycles. The Kier molecular flexibility index (Phi) is 6.67. The fourth-order valence-electron chi connectivity index (χ4n) is 4.23. The highest BCUT2D eigenvalue weighted by Gasteiger charge is 2.37. The van der Waals surface area contributed by atoms with Crippen molar-refractivity contribution in [2.45, 2.75) is 31.3 Å². The quantitative estimate of drug-likeness (QED) is 0.397. The van der Waals surface area contributed by atoms with Crippen LogP contribution in [0.5, 0.6) is 5.75 Å². The molecule has 1 amide bonds. The van der Waals surface area contributed by atoms with Crippen LogP contribution in [0.15, 0.2) is 96.2 Å². The monoisotopic (exact) mass is 513 g/mol. The van der Waals surface area contributed by atoms with E-state index in [1.54, 1.807) is 48.8 Å². The summed E-state index contributed by atoms with van der Waals surface area (Å²) in [4.78, 5) is 17.4. The van der Waals surface area contributed by atoms with Crippen LogP contribution in [0, 0.1) is 13.8 Å². The minimum Gasteiger partial charge on any atom is -0.476 e. The molecule has 0 aliphatic carbocycles. The lowest BCUT2D eigenvalue weighted by Crippen LogP contribution is -2.48. The fraction of sp³-hybridized carbons (Fsp3) is 0.172. The van der Waals surface area contributed by atoms with Crippen LogP contribution in [0.3, 0.4) is 0 Å². The minimum absolute atomic E-state index is 0.141.